The molecule has 8 heteroatoms. The topological polar surface area (TPSA) is 74.8 Å². The van der Waals surface area contributed by atoms with Crippen LogP contribution in [0.5, 0.6) is 0 Å². The highest BCUT2D eigenvalue weighted by molar-refractivity contribution is 5.90. The van der Waals surface area contributed by atoms with Crippen molar-refractivity contribution in [2.24, 2.45) is 5.92 Å². The summed E-state index contributed by atoms with van der Waals surface area (Å²) in [6.07, 6.45) is 1.77. The van der Waals surface area contributed by atoms with Gasteiger partial charge in [-0.15, -0.1) is 0 Å². The highest BCUT2D eigenvalue weighted by Gasteiger charge is 2.62. The molecule has 3 atom stereocenters. The first kappa shape index (κ1) is 18.8. The molecular weight excluding hydrogens is 387 g/mol. The molecule has 0 spiro atoms. The summed E-state index contributed by atoms with van der Waals surface area (Å²) in [6.45, 7) is 3.55. The number of nitrogens with zero attached hydrogens (tertiary/aromatic N) is 3. The molecule has 3 fully saturated rings. The number of pyridine rings is 1. The van der Waals surface area contributed by atoms with Crippen molar-refractivity contribution in [1.82, 2.24) is 10.3 Å². The number of fused-ring (bicyclic) bond motifs is 1. The van der Waals surface area contributed by atoms with E-state index in [1.54, 1.807) is 18.3 Å². The highest BCUT2D eigenvalue weighted by atomic mass is 19.1. The van der Waals surface area contributed by atoms with Gasteiger partial charge in [-0.1, -0.05) is 12.1 Å². The van der Waals surface area contributed by atoms with E-state index in [0.29, 0.717) is 17.2 Å². The maximum atomic E-state index is 15.2. The van der Waals surface area contributed by atoms with Gasteiger partial charge in [-0.25, -0.2) is 14.2 Å². The second kappa shape index (κ2) is 6.97. The fourth-order valence-electron chi connectivity index (χ4n) is 4.79. The van der Waals surface area contributed by atoms with Crippen LogP contribution in [0.25, 0.3) is 0 Å². The van der Waals surface area contributed by atoms with Crippen LogP contribution in [0.3, 0.4) is 0 Å². The van der Waals surface area contributed by atoms with Crippen LogP contribution >= 0.6 is 0 Å². The Kier molecular flexibility index (Phi) is 4.38. The number of carbonyl (C=O) groups excluding carboxylic acids is 2. The summed E-state index contributed by atoms with van der Waals surface area (Å²) in [4.78, 5) is 31.3. The number of piperidine rings is 1. The van der Waals surface area contributed by atoms with Crippen LogP contribution < -0.4 is 15.1 Å². The van der Waals surface area contributed by atoms with E-state index < -0.39 is 12.2 Å². The third-order valence-electron chi connectivity index (χ3n) is 6.37. The molecule has 2 aromatic rings. The molecule has 1 N–H and O–H groups in total. The number of cyclic esters (lactones) is 1. The Morgan fingerprint density at radius 1 is 1.33 bits per heavy atom. The SMILES string of the molecule is CC(=O)NC[C@H]1CN(c2ccc([C@@]34C[C@@H]3CN(c3ccccn3)C4)c(F)c2)C(=O)O1. The predicted octanol–water partition coefficient (Wildman–Crippen LogP) is 2.46. The number of ether oxygens (including phenoxy) is 1. The van der Waals surface area contributed by atoms with Gasteiger partial charge >= 0.3 is 6.09 Å². The number of nitrogens with one attached hydrogen (secondary N) is 1. The molecule has 1 saturated carbocycles. The quantitative estimate of drug-likeness (QED) is 0.820. The van der Waals surface area contributed by atoms with Crippen LogP contribution in [0.1, 0.15) is 18.9 Å². The molecule has 30 heavy (non-hydrogen) atoms. The fourth-order valence-corrected chi connectivity index (χ4v) is 4.79. The zero-order chi connectivity index (χ0) is 20.9. The van der Waals surface area contributed by atoms with E-state index in [2.05, 4.69) is 15.2 Å². The second-order valence-electron chi connectivity index (χ2n) is 8.34. The number of amides is 2. The van der Waals surface area contributed by atoms with Crippen molar-refractivity contribution in [3.63, 3.8) is 0 Å². The van der Waals surface area contributed by atoms with E-state index in [1.165, 1.54) is 17.9 Å². The van der Waals surface area contributed by atoms with Crippen molar-refractivity contribution in [3.05, 3.63) is 54.0 Å². The Balaban J connectivity index is 1.32. The number of hydrogen-bond acceptors (Lipinski definition) is 5. The number of halogens is 1. The third-order valence-corrected chi connectivity index (χ3v) is 6.37. The molecule has 3 heterocycles. The summed E-state index contributed by atoms with van der Waals surface area (Å²) in [5.74, 6) is 0.857. The molecule has 7 nitrogen and oxygen atoms in total. The molecule has 2 saturated heterocycles. The van der Waals surface area contributed by atoms with Crippen LogP contribution in [0.2, 0.25) is 0 Å². The molecule has 0 radical (unpaired) electrons. The minimum Gasteiger partial charge on any atom is -0.442 e. The maximum Gasteiger partial charge on any atom is 0.414 e. The van der Waals surface area contributed by atoms with Gasteiger partial charge in [0.1, 0.15) is 17.7 Å². The summed E-state index contributed by atoms with van der Waals surface area (Å²) in [7, 11) is 0. The number of benzene rings is 1. The van der Waals surface area contributed by atoms with Gasteiger partial charge in [0.2, 0.25) is 5.91 Å². The molecule has 0 unspecified atom stereocenters. The Hall–Kier alpha value is -3.16. The molecule has 1 aliphatic carbocycles. The smallest absolute Gasteiger partial charge is 0.414 e. The van der Waals surface area contributed by atoms with E-state index in [-0.39, 0.29) is 30.2 Å². The molecule has 3 aliphatic rings. The largest absolute Gasteiger partial charge is 0.442 e. The lowest BCUT2D eigenvalue weighted by molar-refractivity contribution is -0.119. The minimum atomic E-state index is -0.526. The first-order chi connectivity index (χ1) is 14.5. The molecule has 0 bridgehead atoms. The first-order valence-electron chi connectivity index (χ1n) is 10.1. The Morgan fingerprint density at radius 2 is 2.20 bits per heavy atom. The molecule has 2 aliphatic heterocycles. The van der Waals surface area contributed by atoms with Crippen molar-refractivity contribution < 1.29 is 18.7 Å². The lowest BCUT2D eigenvalue weighted by Crippen LogP contribution is -2.33. The minimum absolute atomic E-state index is 0.181. The maximum absolute atomic E-state index is 15.2. The van der Waals surface area contributed by atoms with Gasteiger partial charge in [0.05, 0.1) is 18.8 Å². The monoisotopic (exact) mass is 410 g/mol. The van der Waals surface area contributed by atoms with Crippen LogP contribution in [0.4, 0.5) is 20.7 Å². The van der Waals surface area contributed by atoms with Crippen molar-refractivity contribution in [1.29, 1.82) is 0 Å². The number of rotatable bonds is 5. The van der Waals surface area contributed by atoms with E-state index in [4.69, 9.17) is 4.74 Å². The average Bonchev–Trinajstić information content (AvgIpc) is 3.09. The van der Waals surface area contributed by atoms with Gasteiger partial charge in [0, 0.05) is 31.6 Å². The summed E-state index contributed by atoms with van der Waals surface area (Å²) in [5, 5.41) is 2.64. The normalized spacial score (nSPS) is 27.1. The van der Waals surface area contributed by atoms with E-state index in [9.17, 15) is 9.59 Å². The number of carbonyl (C=O) groups is 2. The Labute approximate surface area is 173 Å². The van der Waals surface area contributed by atoms with Gasteiger partial charge < -0.3 is 15.0 Å². The van der Waals surface area contributed by atoms with Gasteiger partial charge in [0.15, 0.2) is 0 Å². The number of hydrogen-bond donors (Lipinski definition) is 1. The van der Waals surface area contributed by atoms with Gasteiger partial charge in [-0.05, 0) is 42.2 Å². The Morgan fingerprint density at radius 3 is 2.93 bits per heavy atom. The molecule has 5 rings (SSSR count). The van der Waals surface area contributed by atoms with Crippen molar-refractivity contribution in [2.75, 3.05) is 36.0 Å². The summed E-state index contributed by atoms with van der Waals surface area (Å²) in [6, 6.07) is 10.8. The van der Waals surface area contributed by atoms with Gasteiger partial charge in [-0.3, -0.25) is 9.69 Å². The molecule has 1 aromatic carbocycles. The average molecular weight is 410 g/mol. The van der Waals surface area contributed by atoms with Crippen molar-refractivity contribution >= 4 is 23.5 Å². The predicted molar refractivity (Wildman–Crippen MR) is 109 cm³/mol. The van der Waals surface area contributed by atoms with Crippen LogP contribution in [-0.4, -0.2) is 49.3 Å². The number of aromatic nitrogens is 1. The lowest BCUT2D eigenvalue weighted by atomic mass is 9.94. The van der Waals surface area contributed by atoms with Crippen LogP contribution in [0, 0.1) is 11.7 Å². The molecule has 156 valence electrons. The first-order valence-corrected chi connectivity index (χ1v) is 10.1. The van der Waals surface area contributed by atoms with Crippen LogP contribution in [-0.2, 0) is 14.9 Å². The van der Waals surface area contributed by atoms with Gasteiger partial charge in [-0.2, -0.15) is 0 Å². The standard InChI is InChI=1S/C22H23FN4O3/c1-14(28)25-10-17-12-27(21(29)30-17)16-5-6-18(19(23)8-16)22-9-15(22)11-26(13-22)20-4-2-3-7-24-20/h2-8,15,17H,9-13H2,1H3,(H,25,28)/t15-,17+,22-/m1/s1. The summed E-state index contributed by atoms with van der Waals surface area (Å²) < 4.78 is 20.4. The summed E-state index contributed by atoms with van der Waals surface area (Å²) >= 11 is 0. The number of anilines is 2. The summed E-state index contributed by atoms with van der Waals surface area (Å²) in [5.41, 5.74) is 0.997. The highest BCUT2D eigenvalue weighted by Crippen LogP contribution is 2.60. The van der Waals surface area contributed by atoms with Gasteiger partial charge in [0.25, 0.3) is 0 Å². The molecule has 2 amide bonds. The van der Waals surface area contributed by atoms with Crippen molar-refractivity contribution in [2.45, 2.75) is 24.9 Å². The third kappa shape index (κ3) is 3.16. The zero-order valence-corrected chi connectivity index (χ0v) is 16.7. The second-order valence-corrected chi connectivity index (χ2v) is 8.34. The fraction of sp³-hybridized carbons (Fsp3) is 0.409. The zero-order valence-electron chi connectivity index (χ0n) is 16.7. The molecule has 1 aromatic heterocycles. The van der Waals surface area contributed by atoms with Crippen LogP contribution in [0.15, 0.2) is 42.6 Å². The van der Waals surface area contributed by atoms with E-state index in [0.717, 1.165) is 25.3 Å². The Bertz CT molecular complexity index is 1000. The lowest BCUT2D eigenvalue weighted by Gasteiger charge is -2.23. The molecular formula is C22H23FN4O3. The van der Waals surface area contributed by atoms with E-state index >= 15 is 4.39 Å². The van der Waals surface area contributed by atoms with E-state index in [1.807, 2.05) is 18.2 Å². The van der Waals surface area contributed by atoms with Crippen molar-refractivity contribution in [3.8, 4) is 0 Å².